The van der Waals surface area contributed by atoms with E-state index in [1.165, 1.54) is 6.92 Å². The van der Waals surface area contributed by atoms with Crippen molar-refractivity contribution in [1.82, 2.24) is 0 Å². The maximum Gasteiger partial charge on any atom is 0.242 e. The number of hydrogen-bond donors (Lipinski definition) is 2. The monoisotopic (exact) mass is 284 g/mol. The lowest BCUT2D eigenvalue weighted by atomic mass is 10.2. The second kappa shape index (κ2) is 6.68. The summed E-state index contributed by atoms with van der Waals surface area (Å²) in [6.45, 7) is 3.55. The van der Waals surface area contributed by atoms with Gasteiger partial charge in [0.25, 0.3) is 0 Å². The second-order valence-electron chi connectivity index (χ2n) is 4.46. The van der Waals surface area contributed by atoms with E-state index in [-0.39, 0.29) is 5.75 Å². The Morgan fingerprint density at radius 2 is 2.00 bits per heavy atom. The van der Waals surface area contributed by atoms with Gasteiger partial charge in [-0.1, -0.05) is 18.2 Å². The highest BCUT2D eigenvalue weighted by Gasteiger charge is 2.27. The highest BCUT2D eigenvalue weighted by molar-refractivity contribution is 7.92. The number of benzene rings is 1. The van der Waals surface area contributed by atoms with Crippen LogP contribution in [-0.4, -0.2) is 31.9 Å². The van der Waals surface area contributed by atoms with Gasteiger partial charge in [-0.25, -0.2) is 8.42 Å². The van der Waals surface area contributed by atoms with Gasteiger partial charge in [-0.15, -0.1) is 0 Å². The topological polar surface area (TPSA) is 89.3 Å². The standard InChI is InChI=1S/C13H20N2O3S/c1-10-6-3-4-7-12(10)15-13(16)11(2)19(17,18)9-5-8-14/h3-4,6-7,11H,5,8-9,14H2,1-2H3,(H,15,16). The van der Waals surface area contributed by atoms with E-state index in [1.54, 1.807) is 12.1 Å². The molecule has 1 aromatic rings. The van der Waals surface area contributed by atoms with Crippen LogP contribution in [0, 0.1) is 6.92 Å². The van der Waals surface area contributed by atoms with E-state index >= 15 is 0 Å². The summed E-state index contributed by atoms with van der Waals surface area (Å²) in [5.41, 5.74) is 6.81. The number of amides is 1. The van der Waals surface area contributed by atoms with E-state index < -0.39 is 21.0 Å². The van der Waals surface area contributed by atoms with Crippen LogP contribution >= 0.6 is 0 Å². The number of nitrogens with one attached hydrogen (secondary N) is 1. The molecule has 0 fully saturated rings. The fourth-order valence-electron chi connectivity index (χ4n) is 1.57. The first kappa shape index (κ1) is 15.7. The number of carbonyl (C=O) groups excluding carboxylic acids is 1. The number of anilines is 1. The predicted octanol–water partition coefficient (Wildman–Crippen LogP) is 1.09. The van der Waals surface area contributed by atoms with Crippen LogP contribution in [0.4, 0.5) is 5.69 Å². The van der Waals surface area contributed by atoms with Crippen molar-refractivity contribution in [2.24, 2.45) is 5.73 Å². The fraction of sp³-hybridized carbons (Fsp3) is 0.462. The van der Waals surface area contributed by atoms with Crippen LogP contribution in [0.15, 0.2) is 24.3 Å². The van der Waals surface area contributed by atoms with Gasteiger partial charge in [0.05, 0.1) is 5.75 Å². The van der Waals surface area contributed by atoms with Gasteiger partial charge >= 0.3 is 0 Å². The molecule has 0 saturated heterocycles. The van der Waals surface area contributed by atoms with E-state index in [4.69, 9.17) is 5.73 Å². The quantitative estimate of drug-likeness (QED) is 0.818. The van der Waals surface area contributed by atoms with E-state index in [1.807, 2.05) is 19.1 Å². The van der Waals surface area contributed by atoms with Gasteiger partial charge in [0.15, 0.2) is 9.84 Å². The number of rotatable bonds is 6. The van der Waals surface area contributed by atoms with Crippen LogP contribution < -0.4 is 11.1 Å². The lowest BCUT2D eigenvalue weighted by molar-refractivity contribution is -0.115. The third-order valence-electron chi connectivity index (χ3n) is 2.94. The molecule has 6 heteroatoms. The van der Waals surface area contributed by atoms with E-state index in [0.717, 1.165) is 5.56 Å². The van der Waals surface area contributed by atoms with Crippen molar-refractivity contribution in [1.29, 1.82) is 0 Å². The zero-order valence-corrected chi connectivity index (χ0v) is 12.0. The van der Waals surface area contributed by atoms with Crippen LogP contribution in [0.2, 0.25) is 0 Å². The predicted molar refractivity (Wildman–Crippen MR) is 76.7 cm³/mol. The van der Waals surface area contributed by atoms with Crippen molar-refractivity contribution in [3.8, 4) is 0 Å². The lowest BCUT2D eigenvalue weighted by Gasteiger charge is -2.14. The zero-order valence-electron chi connectivity index (χ0n) is 11.2. The molecule has 0 saturated carbocycles. The second-order valence-corrected chi connectivity index (χ2v) is 6.90. The van der Waals surface area contributed by atoms with E-state index in [0.29, 0.717) is 18.7 Å². The van der Waals surface area contributed by atoms with Crippen LogP contribution in [0.1, 0.15) is 18.9 Å². The molecule has 1 rings (SSSR count). The van der Waals surface area contributed by atoms with Crippen LogP contribution in [0.5, 0.6) is 0 Å². The van der Waals surface area contributed by atoms with Gasteiger partial charge in [-0.2, -0.15) is 0 Å². The molecule has 0 aliphatic rings. The molecule has 106 valence electrons. The molecule has 0 aliphatic heterocycles. The largest absolute Gasteiger partial charge is 0.330 e. The molecule has 3 N–H and O–H groups in total. The third kappa shape index (κ3) is 4.33. The molecule has 1 unspecified atom stereocenters. The van der Waals surface area contributed by atoms with Gasteiger partial charge in [0, 0.05) is 5.69 Å². The summed E-state index contributed by atoms with van der Waals surface area (Å²) in [4.78, 5) is 12.0. The molecule has 0 bridgehead atoms. The Balaban J connectivity index is 2.76. The highest BCUT2D eigenvalue weighted by atomic mass is 32.2. The Hall–Kier alpha value is -1.40. The molecule has 0 aliphatic carbocycles. The average Bonchev–Trinajstić information content (AvgIpc) is 2.38. The Labute approximate surface area is 114 Å². The van der Waals surface area contributed by atoms with Gasteiger partial charge in [-0.3, -0.25) is 4.79 Å². The lowest BCUT2D eigenvalue weighted by Crippen LogP contribution is -2.34. The number of hydrogen-bond acceptors (Lipinski definition) is 4. The number of aryl methyl sites for hydroxylation is 1. The minimum absolute atomic E-state index is 0.0636. The number of carbonyl (C=O) groups is 1. The van der Waals surface area contributed by atoms with Crippen molar-refractivity contribution < 1.29 is 13.2 Å². The van der Waals surface area contributed by atoms with Crippen molar-refractivity contribution in [2.75, 3.05) is 17.6 Å². The maximum atomic E-state index is 12.0. The summed E-state index contributed by atoms with van der Waals surface area (Å²) in [7, 11) is -3.45. The minimum atomic E-state index is -3.45. The maximum absolute atomic E-state index is 12.0. The molecule has 0 spiro atoms. The first-order valence-electron chi connectivity index (χ1n) is 6.16. The molecule has 1 aromatic carbocycles. The minimum Gasteiger partial charge on any atom is -0.330 e. The Morgan fingerprint density at radius 1 is 1.37 bits per heavy atom. The van der Waals surface area contributed by atoms with Gasteiger partial charge in [0.2, 0.25) is 5.91 Å². The fourth-order valence-corrected chi connectivity index (χ4v) is 2.88. The van der Waals surface area contributed by atoms with E-state index in [9.17, 15) is 13.2 Å². The Bertz CT molecular complexity index is 541. The summed E-state index contributed by atoms with van der Waals surface area (Å²) in [6.07, 6.45) is 0.365. The first-order valence-corrected chi connectivity index (χ1v) is 7.88. The number of sulfone groups is 1. The molecule has 0 aromatic heterocycles. The molecule has 19 heavy (non-hydrogen) atoms. The van der Waals surface area contributed by atoms with Crippen LogP contribution in [0.25, 0.3) is 0 Å². The Kier molecular flexibility index (Phi) is 5.50. The highest BCUT2D eigenvalue weighted by Crippen LogP contribution is 2.15. The molecule has 1 amide bonds. The first-order chi connectivity index (χ1) is 8.88. The summed E-state index contributed by atoms with van der Waals surface area (Å²) in [5.74, 6) is -0.572. The molecule has 5 nitrogen and oxygen atoms in total. The zero-order chi connectivity index (χ0) is 14.5. The molecular weight excluding hydrogens is 264 g/mol. The smallest absolute Gasteiger partial charge is 0.242 e. The number of para-hydroxylation sites is 1. The van der Waals surface area contributed by atoms with Crippen molar-refractivity contribution in [3.63, 3.8) is 0 Å². The third-order valence-corrected chi connectivity index (χ3v) is 5.09. The molecule has 1 atom stereocenters. The number of nitrogens with two attached hydrogens (primary N) is 1. The van der Waals surface area contributed by atoms with Crippen molar-refractivity contribution in [2.45, 2.75) is 25.5 Å². The van der Waals surface area contributed by atoms with Crippen LogP contribution in [-0.2, 0) is 14.6 Å². The summed E-state index contributed by atoms with van der Waals surface area (Å²) >= 11 is 0. The van der Waals surface area contributed by atoms with Gasteiger partial charge < -0.3 is 11.1 Å². The molecule has 0 heterocycles. The van der Waals surface area contributed by atoms with Gasteiger partial charge in [0.1, 0.15) is 5.25 Å². The Morgan fingerprint density at radius 3 is 2.58 bits per heavy atom. The molecule has 0 radical (unpaired) electrons. The molecular formula is C13H20N2O3S. The van der Waals surface area contributed by atoms with Crippen LogP contribution in [0.3, 0.4) is 0 Å². The normalized spacial score (nSPS) is 13.0. The van der Waals surface area contributed by atoms with Gasteiger partial charge in [-0.05, 0) is 38.4 Å². The summed E-state index contributed by atoms with van der Waals surface area (Å²) in [5, 5.41) is 1.57. The summed E-state index contributed by atoms with van der Waals surface area (Å²) in [6, 6.07) is 7.23. The SMILES string of the molecule is Cc1ccccc1NC(=O)C(C)S(=O)(=O)CCCN. The van der Waals surface area contributed by atoms with Crippen molar-refractivity contribution in [3.05, 3.63) is 29.8 Å². The average molecular weight is 284 g/mol. The summed E-state index contributed by atoms with van der Waals surface area (Å²) < 4.78 is 23.8. The van der Waals surface area contributed by atoms with Crippen molar-refractivity contribution >= 4 is 21.4 Å². The van der Waals surface area contributed by atoms with E-state index in [2.05, 4.69) is 5.32 Å².